The number of nitrogens with zero attached hydrogens (tertiary/aromatic N) is 1. The highest BCUT2D eigenvalue weighted by atomic mass is 16.5. The van der Waals surface area contributed by atoms with Gasteiger partial charge in [-0.15, -0.1) is 0 Å². The normalized spacial score (nSPS) is 19.3. The topological polar surface area (TPSA) is 146 Å². The van der Waals surface area contributed by atoms with Crippen LogP contribution in [0.15, 0.2) is 55.1 Å². The Labute approximate surface area is 269 Å². The number of carbonyl (C=O) groups excluding carboxylic acids is 1. The number of hydrogen-bond acceptors (Lipinski definition) is 7. The molecule has 0 saturated carbocycles. The van der Waals surface area contributed by atoms with Gasteiger partial charge < -0.3 is 40.7 Å². The summed E-state index contributed by atoms with van der Waals surface area (Å²) < 4.78 is 8.32. The Morgan fingerprint density at radius 2 is 2.04 bits per heavy atom. The second-order valence-corrected chi connectivity index (χ2v) is 12.3. The number of nitrogens with one attached hydrogen (secondary N) is 2. The molecule has 2 bridgehead atoms. The molecule has 9 nitrogen and oxygen atoms in total. The van der Waals surface area contributed by atoms with E-state index in [9.17, 15) is 20.1 Å². The van der Waals surface area contributed by atoms with E-state index < -0.39 is 18.4 Å². The molecule has 0 fully saturated rings. The summed E-state index contributed by atoms with van der Waals surface area (Å²) in [5.74, 6) is 6.43. The van der Waals surface area contributed by atoms with Crippen LogP contribution in [0.5, 0.6) is 11.5 Å². The van der Waals surface area contributed by atoms with E-state index in [1.165, 1.54) is 0 Å². The lowest BCUT2D eigenvalue weighted by molar-refractivity contribution is -0.121. The molecule has 7 N–H and O–H groups in total. The first-order chi connectivity index (χ1) is 22.3. The fraction of sp³-hybridized carbons (Fsp3) is 0.378. The third kappa shape index (κ3) is 6.85. The molecule has 4 heterocycles. The number of carbonyl (C=O) groups is 1. The molecule has 2 aromatic carbocycles. The zero-order chi connectivity index (χ0) is 32.2. The summed E-state index contributed by atoms with van der Waals surface area (Å²) in [6, 6.07) is 8.96. The fourth-order valence-electron chi connectivity index (χ4n) is 6.40. The monoisotopic (exact) mass is 622 g/mol. The molecular weight excluding hydrogens is 580 g/mol. The van der Waals surface area contributed by atoms with E-state index in [1.54, 1.807) is 18.2 Å². The predicted molar refractivity (Wildman–Crippen MR) is 178 cm³/mol. The van der Waals surface area contributed by atoms with Crippen molar-refractivity contribution in [1.82, 2.24) is 14.9 Å². The predicted octanol–water partition coefficient (Wildman–Crippen LogP) is 5.65. The second-order valence-electron chi connectivity index (χ2n) is 12.3. The van der Waals surface area contributed by atoms with Crippen LogP contribution in [-0.2, 0) is 17.6 Å². The molecular formula is C37H42N4O5. The molecule has 4 aromatic rings. The van der Waals surface area contributed by atoms with Crippen molar-refractivity contribution in [3.8, 4) is 23.3 Å². The lowest BCUT2D eigenvalue weighted by Gasteiger charge is -2.25. The maximum atomic E-state index is 12.5. The third-order valence-electron chi connectivity index (χ3n) is 8.98. The Morgan fingerprint density at radius 3 is 2.89 bits per heavy atom. The number of aromatic nitrogens is 2. The number of Topliss-reactive ketones (excluding diaryl/α,β-unsaturated/α-hetero) is 1. The Balaban J connectivity index is 1.23. The van der Waals surface area contributed by atoms with Gasteiger partial charge in [-0.3, -0.25) is 4.79 Å². The average Bonchev–Trinajstić information content (AvgIpc) is 3.62. The van der Waals surface area contributed by atoms with E-state index >= 15 is 0 Å². The third-order valence-corrected chi connectivity index (χ3v) is 8.98. The highest BCUT2D eigenvalue weighted by molar-refractivity contribution is 5.84. The highest BCUT2D eigenvalue weighted by Gasteiger charge is 2.24. The number of aromatic amines is 1. The van der Waals surface area contributed by atoms with E-state index in [0.717, 1.165) is 63.5 Å². The minimum atomic E-state index is -1.01. The minimum absolute atomic E-state index is 0.0154. The number of phenols is 1. The number of benzene rings is 2. The number of aryl methyl sites for hydroxylation is 1. The van der Waals surface area contributed by atoms with Gasteiger partial charge in [-0.1, -0.05) is 56.2 Å². The molecule has 2 aromatic heterocycles. The number of ketones is 1. The Hall–Kier alpha value is -4.49. The number of phenolic OH excluding ortho intramolecular Hbond substituents is 1. The first-order valence-corrected chi connectivity index (χ1v) is 16.2. The summed E-state index contributed by atoms with van der Waals surface area (Å²) in [7, 11) is 0. The molecule has 4 atom stereocenters. The zero-order valence-corrected chi connectivity index (χ0v) is 26.1. The molecule has 46 heavy (non-hydrogen) atoms. The first kappa shape index (κ1) is 31.5. The number of ether oxygens (including phenoxy) is 1. The van der Waals surface area contributed by atoms with Crippen molar-refractivity contribution in [3.63, 3.8) is 0 Å². The number of H-pyrrole nitrogens is 1. The molecule has 0 spiro atoms. The summed E-state index contributed by atoms with van der Waals surface area (Å²) >= 11 is 0. The Morgan fingerprint density at radius 1 is 1.20 bits per heavy atom. The van der Waals surface area contributed by atoms with Gasteiger partial charge in [0.1, 0.15) is 18.1 Å². The SMILES string of the molecule is CCCCCC(O)CC(=O)CCc1ccc(O)c(OC2CC#CC(O)c3ccc4c(c3Cc3c[nH]c5cn2cc35)C=CNC4N)c1. The standard InChI is InChI=1S/C37H42N4O5/c1-2-3-4-6-25(42)19-26(43)11-9-23-10-14-34(45)35(17-23)46-36-8-5-7-33(44)28-12-13-29-27(15-16-39-37(29)38)30(28)18-24-20-40-32-22-41(36)21-31(24)32/h10,12-17,20-22,25,33,36-37,39-40,42,44-45H,2-4,6,8-9,11,18-19,38H2,1H3. The van der Waals surface area contributed by atoms with Crippen LogP contribution in [0.25, 0.3) is 17.0 Å². The Kier molecular flexibility index (Phi) is 9.50. The molecule has 2 aliphatic rings. The van der Waals surface area contributed by atoms with Crippen LogP contribution in [0.3, 0.4) is 0 Å². The number of nitrogens with two attached hydrogens (primary N) is 1. The lowest BCUT2D eigenvalue weighted by atomic mass is 9.87. The summed E-state index contributed by atoms with van der Waals surface area (Å²) in [5, 5.41) is 36.3. The first-order valence-electron chi connectivity index (χ1n) is 16.2. The largest absolute Gasteiger partial charge is 0.504 e. The summed E-state index contributed by atoms with van der Waals surface area (Å²) in [5.41, 5.74) is 12.9. The highest BCUT2D eigenvalue weighted by Crippen LogP contribution is 2.36. The number of rotatable bonds is 11. The fourth-order valence-corrected chi connectivity index (χ4v) is 6.40. The van der Waals surface area contributed by atoms with Crippen molar-refractivity contribution in [2.45, 2.75) is 89.3 Å². The van der Waals surface area contributed by atoms with Crippen LogP contribution >= 0.6 is 0 Å². The zero-order valence-electron chi connectivity index (χ0n) is 26.1. The lowest BCUT2D eigenvalue weighted by Crippen LogP contribution is -2.28. The van der Waals surface area contributed by atoms with Crippen LogP contribution in [0.4, 0.5) is 0 Å². The average molecular weight is 623 g/mol. The van der Waals surface area contributed by atoms with Crippen molar-refractivity contribution in [1.29, 1.82) is 0 Å². The van der Waals surface area contributed by atoms with Gasteiger partial charge >= 0.3 is 0 Å². The summed E-state index contributed by atoms with van der Waals surface area (Å²) in [6.45, 7) is 2.11. The van der Waals surface area contributed by atoms with Gasteiger partial charge in [-0.25, -0.2) is 0 Å². The number of hydrogen-bond donors (Lipinski definition) is 6. The van der Waals surface area contributed by atoms with Crippen molar-refractivity contribution in [3.05, 3.63) is 88.5 Å². The van der Waals surface area contributed by atoms with Crippen LogP contribution in [0.1, 0.15) is 104 Å². The van der Waals surface area contributed by atoms with E-state index in [4.69, 9.17) is 10.5 Å². The van der Waals surface area contributed by atoms with Crippen LogP contribution in [0, 0.1) is 11.8 Å². The number of fused-ring (bicyclic) bond motifs is 4. The number of aromatic hydroxyl groups is 1. The van der Waals surface area contributed by atoms with Gasteiger partial charge in [0.2, 0.25) is 0 Å². The van der Waals surface area contributed by atoms with Gasteiger partial charge in [0.15, 0.2) is 17.7 Å². The van der Waals surface area contributed by atoms with Gasteiger partial charge in [-0.05, 0) is 70.6 Å². The smallest absolute Gasteiger partial charge is 0.186 e. The molecule has 2 aliphatic heterocycles. The van der Waals surface area contributed by atoms with Crippen molar-refractivity contribution >= 4 is 22.8 Å². The quantitative estimate of drug-likeness (QED) is 0.0937. The molecule has 4 unspecified atom stereocenters. The van der Waals surface area contributed by atoms with Gasteiger partial charge in [-0.2, -0.15) is 0 Å². The van der Waals surface area contributed by atoms with Gasteiger partial charge in [0.05, 0.1) is 18.0 Å². The van der Waals surface area contributed by atoms with Crippen molar-refractivity contribution in [2.24, 2.45) is 5.73 Å². The van der Waals surface area contributed by atoms with E-state index in [1.807, 2.05) is 47.6 Å². The second kappa shape index (κ2) is 13.9. The van der Waals surface area contributed by atoms with E-state index in [0.29, 0.717) is 25.7 Å². The molecule has 0 amide bonds. The molecule has 0 radical (unpaired) electrons. The van der Waals surface area contributed by atoms with Gasteiger partial charge in [0.25, 0.3) is 0 Å². The molecule has 240 valence electrons. The van der Waals surface area contributed by atoms with Crippen molar-refractivity contribution < 1.29 is 24.9 Å². The van der Waals surface area contributed by atoms with Crippen molar-refractivity contribution in [2.75, 3.05) is 0 Å². The van der Waals surface area contributed by atoms with Crippen LogP contribution in [0.2, 0.25) is 0 Å². The molecule has 0 aliphatic carbocycles. The van der Waals surface area contributed by atoms with Crippen LogP contribution < -0.4 is 15.8 Å². The van der Waals surface area contributed by atoms with E-state index in [-0.39, 0.29) is 36.3 Å². The number of aliphatic hydroxyl groups is 2. The molecule has 6 rings (SSSR count). The summed E-state index contributed by atoms with van der Waals surface area (Å²) in [4.78, 5) is 15.9. The molecule has 9 heteroatoms. The number of unbranched alkanes of at least 4 members (excludes halogenated alkanes) is 2. The van der Waals surface area contributed by atoms with Gasteiger partial charge in [0, 0.05) is 43.2 Å². The van der Waals surface area contributed by atoms with Crippen LogP contribution in [-0.4, -0.2) is 36.8 Å². The Bertz CT molecular complexity index is 1810. The number of aliphatic hydroxyl groups excluding tert-OH is 2. The van der Waals surface area contributed by atoms with E-state index in [2.05, 4.69) is 29.1 Å². The minimum Gasteiger partial charge on any atom is -0.504 e. The maximum absolute atomic E-state index is 12.5. The summed E-state index contributed by atoms with van der Waals surface area (Å²) in [6.07, 6.45) is 12.7. The molecule has 0 saturated heterocycles. The maximum Gasteiger partial charge on any atom is 0.186 e.